The van der Waals surface area contributed by atoms with Gasteiger partial charge in [0.15, 0.2) is 0 Å². The molecule has 1 aliphatic heterocycles. The Morgan fingerprint density at radius 3 is 2.69 bits per heavy atom. The third kappa shape index (κ3) is 2.46. The minimum absolute atomic E-state index is 0.0158. The van der Waals surface area contributed by atoms with Crippen LogP contribution >= 0.6 is 0 Å². The SMILES string of the molecule is Cc1nn(C)c(C)c1C1CCCN1C(=O)c1ccc2ccccc2c1O. The van der Waals surface area contributed by atoms with E-state index in [-0.39, 0.29) is 17.7 Å². The number of hydrogen-bond donors (Lipinski definition) is 1. The van der Waals surface area contributed by atoms with Crippen LogP contribution in [0.1, 0.15) is 46.2 Å². The maximum Gasteiger partial charge on any atom is 0.258 e. The second-order valence-electron chi connectivity index (χ2n) is 7.05. The number of rotatable bonds is 2. The summed E-state index contributed by atoms with van der Waals surface area (Å²) in [6.45, 7) is 4.74. The smallest absolute Gasteiger partial charge is 0.258 e. The Balaban J connectivity index is 1.75. The van der Waals surface area contributed by atoms with Gasteiger partial charge in [0.2, 0.25) is 0 Å². The van der Waals surface area contributed by atoms with E-state index in [1.807, 2.05) is 60.8 Å². The molecule has 1 amide bonds. The summed E-state index contributed by atoms with van der Waals surface area (Å²) in [7, 11) is 1.93. The summed E-state index contributed by atoms with van der Waals surface area (Å²) >= 11 is 0. The lowest BCUT2D eigenvalue weighted by atomic mass is 10.0. The van der Waals surface area contributed by atoms with Gasteiger partial charge in [-0.05, 0) is 38.1 Å². The van der Waals surface area contributed by atoms with Crippen molar-refractivity contribution in [2.45, 2.75) is 32.7 Å². The third-order valence-corrected chi connectivity index (χ3v) is 5.54. The molecular formula is C21H23N3O2. The Morgan fingerprint density at radius 2 is 1.96 bits per heavy atom. The fraction of sp³-hybridized carbons (Fsp3) is 0.333. The van der Waals surface area contributed by atoms with Crippen molar-refractivity contribution in [3.63, 3.8) is 0 Å². The van der Waals surface area contributed by atoms with E-state index in [0.29, 0.717) is 17.5 Å². The second kappa shape index (κ2) is 6.16. The first kappa shape index (κ1) is 16.6. The Kier molecular flexibility index (Phi) is 3.94. The monoisotopic (exact) mass is 349 g/mol. The molecule has 1 N–H and O–H groups in total. The van der Waals surface area contributed by atoms with E-state index in [2.05, 4.69) is 5.10 Å². The number of carbonyl (C=O) groups is 1. The van der Waals surface area contributed by atoms with Crippen LogP contribution in [0.25, 0.3) is 10.8 Å². The van der Waals surface area contributed by atoms with Crippen LogP contribution in [0, 0.1) is 13.8 Å². The molecular weight excluding hydrogens is 326 g/mol. The molecule has 0 aliphatic carbocycles. The summed E-state index contributed by atoms with van der Waals surface area (Å²) in [6.07, 6.45) is 1.88. The van der Waals surface area contributed by atoms with Gasteiger partial charge in [-0.15, -0.1) is 0 Å². The number of likely N-dealkylation sites (tertiary alicyclic amines) is 1. The van der Waals surface area contributed by atoms with Gasteiger partial charge in [0, 0.05) is 30.2 Å². The molecule has 1 aliphatic rings. The Hall–Kier alpha value is -2.82. The number of aryl methyl sites for hydroxylation is 2. The molecule has 0 radical (unpaired) electrons. The average molecular weight is 349 g/mol. The highest BCUT2D eigenvalue weighted by Crippen LogP contribution is 2.38. The number of amides is 1. The molecule has 26 heavy (non-hydrogen) atoms. The van der Waals surface area contributed by atoms with Gasteiger partial charge in [-0.2, -0.15) is 5.10 Å². The first-order valence-electron chi connectivity index (χ1n) is 9.01. The molecule has 1 atom stereocenters. The lowest BCUT2D eigenvalue weighted by molar-refractivity contribution is 0.0732. The van der Waals surface area contributed by atoms with E-state index >= 15 is 0 Å². The van der Waals surface area contributed by atoms with Crippen LogP contribution in [0.15, 0.2) is 36.4 Å². The van der Waals surface area contributed by atoms with E-state index in [4.69, 9.17) is 0 Å². The summed E-state index contributed by atoms with van der Waals surface area (Å²) in [5.41, 5.74) is 3.57. The predicted octanol–water partition coefficient (Wildman–Crippen LogP) is 3.87. The van der Waals surface area contributed by atoms with Gasteiger partial charge in [-0.25, -0.2) is 0 Å². The molecule has 5 heteroatoms. The molecule has 134 valence electrons. The molecule has 2 heterocycles. The number of nitrogens with zero attached hydrogens (tertiary/aromatic N) is 3. The van der Waals surface area contributed by atoms with Gasteiger partial charge in [0.25, 0.3) is 5.91 Å². The van der Waals surface area contributed by atoms with Gasteiger partial charge >= 0.3 is 0 Å². The number of hydrogen-bond acceptors (Lipinski definition) is 3. The highest BCUT2D eigenvalue weighted by Gasteiger charge is 2.34. The molecule has 1 unspecified atom stereocenters. The Bertz CT molecular complexity index is 1010. The van der Waals surface area contributed by atoms with Crippen molar-refractivity contribution in [1.82, 2.24) is 14.7 Å². The van der Waals surface area contributed by atoms with Crippen molar-refractivity contribution < 1.29 is 9.90 Å². The van der Waals surface area contributed by atoms with Gasteiger partial charge < -0.3 is 10.0 Å². The number of phenols is 1. The summed E-state index contributed by atoms with van der Waals surface area (Å²) in [5.74, 6) is -0.0446. The average Bonchev–Trinajstić information content (AvgIpc) is 3.19. The molecule has 0 bridgehead atoms. The first-order chi connectivity index (χ1) is 12.5. The summed E-state index contributed by atoms with van der Waals surface area (Å²) in [6, 6.07) is 11.2. The first-order valence-corrected chi connectivity index (χ1v) is 9.01. The van der Waals surface area contributed by atoms with E-state index in [1.54, 1.807) is 6.07 Å². The number of carbonyl (C=O) groups excluding carboxylic acids is 1. The predicted molar refractivity (Wildman–Crippen MR) is 101 cm³/mol. The standard InChI is InChI=1S/C21H23N3O2/c1-13-19(14(2)23(3)22-13)18-9-6-12-24(18)21(26)17-11-10-15-7-4-5-8-16(15)20(17)25/h4-5,7-8,10-11,18,25H,6,9,12H2,1-3H3. The van der Waals surface area contributed by atoms with Gasteiger partial charge in [0.05, 0.1) is 17.3 Å². The van der Waals surface area contributed by atoms with Gasteiger partial charge in [-0.3, -0.25) is 9.48 Å². The number of aromatic nitrogens is 2. The maximum absolute atomic E-state index is 13.3. The summed E-state index contributed by atoms with van der Waals surface area (Å²) < 4.78 is 1.87. The number of fused-ring (bicyclic) bond motifs is 1. The molecule has 2 aromatic carbocycles. The number of benzene rings is 2. The van der Waals surface area contributed by atoms with Crippen LogP contribution in [0.3, 0.4) is 0 Å². The van der Waals surface area contributed by atoms with Crippen molar-refractivity contribution >= 4 is 16.7 Å². The van der Waals surface area contributed by atoms with Gasteiger partial charge in [-0.1, -0.05) is 30.3 Å². The molecule has 1 aromatic heterocycles. The van der Waals surface area contributed by atoms with Crippen molar-refractivity contribution in [2.24, 2.45) is 7.05 Å². The third-order valence-electron chi connectivity index (χ3n) is 5.54. The highest BCUT2D eigenvalue weighted by atomic mass is 16.3. The zero-order chi connectivity index (χ0) is 18.4. The molecule has 0 spiro atoms. The normalized spacial score (nSPS) is 17.2. The zero-order valence-corrected chi connectivity index (χ0v) is 15.4. The van der Waals surface area contributed by atoms with Crippen LogP contribution in [0.4, 0.5) is 0 Å². The molecule has 1 saturated heterocycles. The quantitative estimate of drug-likeness (QED) is 0.764. The fourth-order valence-electron chi connectivity index (χ4n) is 4.16. The minimum Gasteiger partial charge on any atom is -0.506 e. The van der Waals surface area contributed by atoms with Crippen molar-refractivity contribution in [3.8, 4) is 5.75 Å². The van der Waals surface area contributed by atoms with E-state index in [1.165, 1.54) is 0 Å². The Morgan fingerprint density at radius 1 is 1.19 bits per heavy atom. The summed E-state index contributed by atoms with van der Waals surface area (Å²) in [4.78, 5) is 15.2. The molecule has 5 nitrogen and oxygen atoms in total. The van der Waals surface area contributed by atoms with E-state index < -0.39 is 0 Å². The highest BCUT2D eigenvalue weighted by molar-refractivity contribution is 6.03. The van der Waals surface area contributed by atoms with Crippen LogP contribution in [-0.4, -0.2) is 32.2 Å². The molecule has 3 aromatic rings. The van der Waals surface area contributed by atoms with Crippen LogP contribution in [-0.2, 0) is 7.05 Å². The topological polar surface area (TPSA) is 58.4 Å². The molecule has 4 rings (SSSR count). The number of aromatic hydroxyl groups is 1. The molecule has 1 fully saturated rings. The zero-order valence-electron chi connectivity index (χ0n) is 15.4. The minimum atomic E-state index is -0.113. The second-order valence-corrected chi connectivity index (χ2v) is 7.05. The largest absolute Gasteiger partial charge is 0.506 e. The van der Waals surface area contributed by atoms with Gasteiger partial charge in [0.1, 0.15) is 5.75 Å². The molecule has 0 saturated carbocycles. The van der Waals surface area contributed by atoms with E-state index in [9.17, 15) is 9.90 Å². The fourth-order valence-corrected chi connectivity index (χ4v) is 4.16. The van der Waals surface area contributed by atoms with Crippen LogP contribution in [0.2, 0.25) is 0 Å². The lowest BCUT2D eigenvalue weighted by Gasteiger charge is -2.26. The summed E-state index contributed by atoms with van der Waals surface area (Å²) in [5, 5.41) is 16.8. The maximum atomic E-state index is 13.3. The van der Waals surface area contributed by atoms with Crippen LogP contribution < -0.4 is 0 Å². The Labute approximate surface area is 152 Å². The van der Waals surface area contributed by atoms with Crippen molar-refractivity contribution in [1.29, 1.82) is 0 Å². The van der Waals surface area contributed by atoms with Crippen LogP contribution in [0.5, 0.6) is 5.75 Å². The number of phenolic OH excluding ortho intramolecular Hbond substituents is 1. The van der Waals surface area contributed by atoms with E-state index in [0.717, 1.165) is 35.2 Å². The van der Waals surface area contributed by atoms with Crippen molar-refractivity contribution in [3.05, 3.63) is 58.9 Å². The lowest BCUT2D eigenvalue weighted by Crippen LogP contribution is -2.31. The van der Waals surface area contributed by atoms with Crippen molar-refractivity contribution in [2.75, 3.05) is 6.54 Å².